The monoisotopic (exact) mass is 317 g/mol. The minimum absolute atomic E-state index is 0.0133. The maximum atomic E-state index is 13.3. The predicted octanol–water partition coefficient (Wildman–Crippen LogP) is 3.71. The van der Waals surface area contributed by atoms with E-state index in [2.05, 4.69) is 10.4 Å². The number of aromatic nitrogens is 2. The Bertz CT molecular complexity index is 608. The second-order valence-corrected chi connectivity index (χ2v) is 4.95. The Morgan fingerprint density at radius 1 is 1.24 bits per heavy atom. The third-order valence-corrected chi connectivity index (χ3v) is 3.40. The first-order chi connectivity index (χ1) is 9.93. The molecule has 1 heterocycles. The zero-order chi connectivity index (χ0) is 15.5. The highest BCUT2D eigenvalue weighted by atomic mass is 35.5. The summed E-state index contributed by atoms with van der Waals surface area (Å²) >= 11 is 6.00. The van der Waals surface area contributed by atoms with Gasteiger partial charge in [0.05, 0.1) is 12.7 Å². The van der Waals surface area contributed by atoms with E-state index >= 15 is 0 Å². The van der Waals surface area contributed by atoms with E-state index < -0.39 is 11.9 Å². The van der Waals surface area contributed by atoms with E-state index in [1.54, 1.807) is 24.3 Å². The van der Waals surface area contributed by atoms with Crippen molar-refractivity contribution in [1.29, 1.82) is 0 Å². The topological polar surface area (TPSA) is 29.9 Å². The Morgan fingerprint density at radius 2 is 1.95 bits per heavy atom. The number of nitrogens with one attached hydrogen (secondary N) is 1. The molecule has 114 valence electrons. The summed E-state index contributed by atoms with van der Waals surface area (Å²) in [6, 6.07) is 6.80. The molecule has 0 unspecified atom stereocenters. The van der Waals surface area contributed by atoms with Gasteiger partial charge in [0.1, 0.15) is 5.69 Å². The maximum Gasteiger partial charge on any atom is 0.433 e. The summed E-state index contributed by atoms with van der Waals surface area (Å²) in [5, 5.41) is 7.18. The van der Waals surface area contributed by atoms with Crippen LogP contribution in [0.15, 0.2) is 30.5 Å². The fourth-order valence-corrected chi connectivity index (χ4v) is 2.24. The fraction of sp³-hybridized carbons (Fsp3) is 0.357. The molecule has 0 fully saturated rings. The van der Waals surface area contributed by atoms with Gasteiger partial charge in [-0.15, -0.1) is 0 Å². The Morgan fingerprint density at radius 3 is 2.57 bits per heavy atom. The number of hydrogen-bond donors (Lipinski definition) is 1. The molecular formula is C14H15ClF3N3. The molecule has 0 aliphatic carbocycles. The van der Waals surface area contributed by atoms with E-state index in [0.29, 0.717) is 17.1 Å². The van der Waals surface area contributed by atoms with Gasteiger partial charge in [0.2, 0.25) is 0 Å². The Balaban J connectivity index is 2.35. The lowest BCUT2D eigenvalue weighted by Gasteiger charge is -2.13. The van der Waals surface area contributed by atoms with Gasteiger partial charge in [-0.25, -0.2) is 0 Å². The first-order valence-corrected chi connectivity index (χ1v) is 6.87. The smallest absolute Gasteiger partial charge is 0.313 e. The van der Waals surface area contributed by atoms with Crippen molar-refractivity contribution in [2.45, 2.75) is 26.2 Å². The van der Waals surface area contributed by atoms with Crippen LogP contribution in [0.2, 0.25) is 5.02 Å². The van der Waals surface area contributed by atoms with Gasteiger partial charge in [0.15, 0.2) is 0 Å². The van der Waals surface area contributed by atoms with Crippen LogP contribution in [0.4, 0.5) is 13.2 Å². The summed E-state index contributed by atoms with van der Waals surface area (Å²) < 4.78 is 40.7. The van der Waals surface area contributed by atoms with Gasteiger partial charge in [0, 0.05) is 17.1 Å². The number of nitrogens with zero attached hydrogens (tertiary/aromatic N) is 2. The lowest BCUT2D eigenvalue weighted by molar-refractivity contribution is -0.144. The van der Waals surface area contributed by atoms with Crippen LogP contribution in [0.25, 0.3) is 0 Å². The Labute approximate surface area is 125 Å². The van der Waals surface area contributed by atoms with Crippen LogP contribution in [0.5, 0.6) is 0 Å². The maximum absolute atomic E-state index is 13.3. The molecule has 0 amide bonds. The van der Waals surface area contributed by atoms with Crippen LogP contribution in [0.3, 0.4) is 0 Å². The van der Waals surface area contributed by atoms with Crippen molar-refractivity contribution in [2.24, 2.45) is 0 Å². The predicted molar refractivity (Wildman–Crippen MR) is 75.2 cm³/mol. The molecule has 0 aliphatic heterocycles. The van der Waals surface area contributed by atoms with Gasteiger partial charge >= 0.3 is 6.18 Å². The molecule has 3 nitrogen and oxygen atoms in total. The Hall–Kier alpha value is -1.53. The fourth-order valence-electron chi connectivity index (χ4n) is 2.05. The molecule has 1 aromatic carbocycles. The van der Waals surface area contributed by atoms with Crippen molar-refractivity contribution in [2.75, 3.05) is 6.54 Å². The van der Waals surface area contributed by atoms with Crippen molar-refractivity contribution in [3.8, 4) is 0 Å². The summed E-state index contributed by atoms with van der Waals surface area (Å²) in [5.41, 5.74) is 0.00235. The van der Waals surface area contributed by atoms with E-state index in [1.807, 2.05) is 6.92 Å². The number of halogens is 4. The molecule has 21 heavy (non-hydrogen) atoms. The minimum atomic E-state index is -4.46. The molecule has 0 spiro atoms. The molecule has 2 rings (SSSR count). The molecule has 2 aromatic rings. The van der Waals surface area contributed by atoms with E-state index in [-0.39, 0.29) is 18.7 Å². The third-order valence-electron chi connectivity index (χ3n) is 3.03. The number of benzene rings is 1. The zero-order valence-corrected chi connectivity index (χ0v) is 12.2. The highest BCUT2D eigenvalue weighted by Gasteiger charge is 2.37. The summed E-state index contributed by atoms with van der Waals surface area (Å²) in [4.78, 5) is 0. The van der Waals surface area contributed by atoms with Gasteiger partial charge < -0.3 is 5.32 Å². The Kier molecular flexibility index (Phi) is 4.90. The highest BCUT2D eigenvalue weighted by Crippen LogP contribution is 2.32. The molecule has 0 saturated carbocycles. The third kappa shape index (κ3) is 3.77. The molecule has 0 atom stereocenters. The standard InChI is InChI=1S/C14H15ClF3N3/c1-2-19-7-11-8-20-21(13(11)14(16,17)18)9-10-5-3-4-6-12(10)15/h3-6,8,19H,2,7,9H2,1H3. The molecule has 0 aliphatic rings. The van der Waals surface area contributed by atoms with Crippen molar-refractivity contribution < 1.29 is 13.2 Å². The SMILES string of the molecule is CCNCc1cnn(Cc2ccccc2Cl)c1C(F)(F)F. The highest BCUT2D eigenvalue weighted by molar-refractivity contribution is 6.31. The molecule has 1 N–H and O–H groups in total. The minimum Gasteiger partial charge on any atom is -0.313 e. The first-order valence-electron chi connectivity index (χ1n) is 6.49. The quantitative estimate of drug-likeness (QED) is 0.911. The number of alkyl halides is 3. The van der Waals surface area contributed by atoms with Gasteiger partial charge in [-0.3, -0.25) is 4.68 Å². The molecule has 1 aromatic heterocycles. The second kappa shape index (κ2) is 6.49. The van der Waals surface area contributed by atoms with Crippen molar-refractivity contribution in [1.82, 2.24) is 15.1 Å². The summed E-state index contributed by atoms with van der Waals surface area (Å²) in [5.74, 6) is 0. The van der Waals surface area contributed by atoms with E-state index in [1.165, 1.54) is 6.20 Å². The van der Waals surface area contributed by atoms with Crippen LogP contribution in [-0.2, 0) is 19.3 Å². The second-order valence-electron chi connectivity index (χ2n) is 4.55. The zero-order valence-electron chi connectivity index (χ0n) is 11.4. The molecular weight excluding hydrogens is 303 g/mol. The van der Waals surface area contributed by atoms with Crippen LogP contribution in [0.1, 0.15) is 23.7 Å². The van der Waals surface area contributed by atoms with Crippen LogP contribution < -0.4 is 5.32 Å². The largest absolute Gasteiger partial charge is 0.433 e. The summed E-state index contributed by atoms with van der Waals surface area (Å²) in [7, 11) is 0. The normalized spacial score (nSPS) is 11.9. The average molecular weight is 318 g/mol. The molecule has 0 saturated heterocycles. The average Bonchev–Trinajstić information content (AvgIpc) is 2.82. The van der Waals surface area contributed by atoms with Crippen molar-refractivity contribution in [3.05, 3.63) is 52.3 Å². The first kappa shape index (κ1) is 15.9. The van der Waals surface area contributed by atoms with Crippen molar-refractivity contribution in [3.63, 3.8) is 0 Å². The summed E-state index contributed by atoms with van der Waals surface area (Å²) in [6.45, 7) is 2.54. The van der Waals surface area contributed by atoms with Crippen LogP contribution >= 0.6 is 11.6 Å². The summed E-state index contributed by atoms with van der Waals surface area (Å²) in [6.07, 6.45) is -3.20. The van der Waals surface area contributed by atoms with E-state index in [9.17, 15) is 13.2 Å². The lowest BCUT2D eigenvalue weighted by Crippen LogP contribution is -2.20. The van der Waals surface area contributed by atoms with Crippen molar-refractivity contribution >= 4 is 11.6 Å². The lowest BCUT2D eigenvalue weighted by atomic mass is 10.2. The number of rotatable bonds is 5. The van der Waals surface area contributed by atoms with Gasteiger partial charge in [0.25, 0.3) is 0 Å². The van der Waals surface area contributed by atoms with E-state index in [0.717, 1.165) is 4.68 Å². The van der Waals surface area contributed by atoms with Gasteiger partial charge in [-0.05, 0) is 18.2 Å². The molecule has 7 heteroatoms. The number of hydrogen-bond acceptors (Lipinski definition) is 2. The van der Waals surface area contributed by atoms with E-state index in [4.69, 9.17) is 11.6 Å². The van der Waals surface area contributed by atoms with Gasteiger partial charge in [-0.2, -0.15) is 18.3 Å². The van der Waals surface area contributed by atoms with Crippen LogP contribution in [0, 0.1) is 0 Å². The molecule has 0 bridgehead atoms. The van der Waals surface area contributed by atoms with Gasteiger partial charge in [-0.1, -0.05) is 36.7 Å². The van der Waals surface area contributed by atoms with Crippen LogP contribution in [-0.4, -0.2) is 16.3 Å². The molecule has 0 radical (unpaired) electrons.